The summed E-state index contributed by atoms with van der Waals surface area (Å²) in [6.45, 7) is 5.98. The monoisotopic (exact) mass is 248 g/mol. The maximum atomic E-state index is 11.8. The fraction of sp³-hybridized carbons (Fsp3) is 0.800. The summed E-state index contributed by atoms with van der Waals surface area (Å²) in [6, 6.07) is -0.360. The molecule has 1 saturated heterocycles. The maximum Gasteiger partial charge on any atom is 0.410 e. The molecule has 0 spiro atoms. The summed E-state index contributed by atoms with van der Waals surface area (Å²) in [6.07, 6.45) is 1.11. The van der Waals surface area contributed by atoms with Gasteiger partial charge in [-0.15, -0.1) is 0 Å². The Balaban J connectivity index is 2.69. The van der Waals surface area contributed by atoms with Crippen LogP contribution in [0.5, 0.6) is 0 Å². The molecule has 6 heteroatoms. The number of halogens is 1. The van der Waals surface area contributed by atoms with Crippen molar-refractivity contribution in [1.82, 2.24) is 4.90 Å². The molecule has 1 N–H and O–H groups in total. The first kappa shape index (κ1) is 13.1. The molecule has 0 unspecified atom stereocenters. The Morgan fingerprint density at radius 2 is 2.19 bits per heavy atom. The van der Waals surface area contributed by atoms with Gasteiger partial charge in [-0.3, -0.25) is 4.90 Å². The molecule has 0 aromatic carbocycles. The van der Waals surface area contributed by atoms with Gasteiger partial charge in [0, 0.05) is 6.54 Å². The number of hydrogen-bond donors (Lipinski definition) is 1. The third-order valence-electron chi connectivity index (χ3n) is 2.25. The number of likely N-dealkylation sites (tertiary alicyclic amines) is 1. The lowest BCUT2D eigenvalue weighted by atomic mass is 10.2. The molecule has 5 nitrogen and oxygen atoms in total. The molecule has 0 aliphatic carbocycles. The van der Waals surface area contributed by atoms with Crippen molar-refractivity contribution < 1.29 is 14.7 Å². The topological polar surface area (TPSA) is 62.1 Å². The van der Waals surface area contributed by atoms with E-state index < -0.39 is 11.7 Å². The smallest absolute Gasteiger partial charge is 0.410 e. The summed E-state index contributed by atoms with van der Waals surface area (Å²) < 4.78 is 5.24. The van der Waals surface area contributed by atoms with Crippen LogP contribution in [0.3, 0.4) is 0 Å². The van der Waals surface area contributed by atoms with Gasteiger partial charge in [-0.2, -0.15) is 0 Å². The molecule has 1 aliphatic heterocycles. The van der Waals surface area contributed by atoms with Crippen molar-refractivity contribution in [1.29, 1.82) is 0 Å². The first-order valence-electron chi connectivity index (χ1n) is 5.22. The third kappa shape index (κ3) is 3.27. The fourth-order valence-electron chi connectivity index (χ4n) is 1.62. The van der Waals surface area contributed by atoms with Crippen molar-refractivity contribution in [2.45, 2.75) is 45.3 Å². The van der Waals surface area contributed by atoms with E-state index in [4.69, 9.17) is 21.5 Å². The molecule has 0 saturated carbocycles. The molecular weight excluding hydrogens is 232 g/mol. The van der Waals surface area contributed by atoms with Crippen LogP contribution in [0, 0.1) is 0 Å². The maximum absolute atomic E-state index is 11.8. The van der Waals surface area contributed by atoms with E-state index in [1.807, 2.05) is 0 Å². The van der Waals surface area contributed by atoms with Gasteiger partial charge in [0.05, 0.1) is 6.04 Å². The highest BCUT2D eigenvalue weighted by atomic mass is 35.5. The van der Waals surface area contributed by atoms with Crippen molar-refractivity contribution >= 4 is 22.9 Å². The molecule has 0 aromatic rings. The summed E-state index contributed by atoms with van der Waals surface area (Å²) >= 11 is 5.73. The molecule has 1 atom stereocenters. The number of amides is 1. The molecule has 0 radical (unpaired) electrons. The van der Waals surface area contributed by atoms with E-state index in [9.17, 15) is 4.79 Å². The second-order valence-electron chi connectivity index (χ2n) is 4.75. The Morgan fingerprint density at radius 3 is 2.69 bits per heavy atom. The highest BCUT2D eigenvalue weighted by Crippen LogP contribution is 2.22. The van der Waals surface area contributed by atoms with Gasteiger partial charge in [-0.1, -0.05) is 16.8 Å². The van der Waals surface area contributed by atoms with Crippen LogP contribution in [-0.4, -0.2) is 39.6 Å². The highest BCUT2D eigenvalue weighted by molar-refractivity contribution is 6.66. The van der Waals surface area contributed by atoms with Crippen LogP contribution in [0.25, 0.3) is 0 Å². The Kier molecular flexibility index (Phi) is 4.02. The van der Waals surface area contributed by atoms with Crippen LogP contribution >= 0.6 is 11.6 Å². The van der Waals surface area contributed by atoms with Crippen molar-refractivity contribution in [3.63, 3.8) is 0 Å². The molecule has 16 heavy (non-hydrogen) atoms. The van der Waals surface area contributed by atoms with E-state index in [-0.39, 0.29) is 11.2 Å². The summed E-state index contributed by atoms with van der Waals surface area (Å²) in [5, 5.41) is 11.6. The molecule has 0 bridgehead atoms. The quantitative estimate of drug-likeness (QED) is 0.440. The van der Waals surface area contributed by atoms with Crippen LogP contribution in [0.4, 0.5) is 4.79 Å². The number of ether oxygens (including phenoxy) is 1. The van der Waals surface area contributed by atoms with Gasteiger partial charge < -0.3 is 9.94 Å². The average molecular weight is 249 g/mol. The molecule has 1 aliphatic rings. The summed E-state index contributed by atoms with van der Waals surface area (Å²) in [5.41, 5.74) is -0.535. The number of hydrogen-bond acceptors (Lipinski definition) is 4. The largest absolute Gasteiger partial charge is 0.444 e. The van der Waals surface area contributed by atoms with E-state index in [1.54, 1.807) is 20.8 Å². The van der Waals surface area contributed by atoms with Gasteiger partial charge in [0.1, 0.15) is 5.60 Å². The van der Waals surface area contributed by atoms with E-state index >= 15 is 0 Å². The van der Waals surface area contributed by atoms with E-state index in [2.05, 4.69) is 5.16 Å². The lowest BCUT2D eigenvalue weighted by molar-refractivity contribution is 0.0266. The van der Waals surface area contributed by atoms with Crippen molar-refractivity contribution in [2.24, 2.45) is 5.16 Å². The first-order chi connectivity index (χ1) is 7.35. The number of carbonyl (C=O) groups is 1. The summed E-state index contributed by atoms with van der Waals surface area (Å²) in [5.74, 6) is 0. The number of nitrogens with zero attached hydrogens (tertiary/aromatic N) is 2. The Hall–Kier alpha value is -0.970. The molecule has 1 amide bonds. The van der Waals surface area contributed by atoms with Crippen LogP contribution in [0.15, 0.2) is 5.16 Å². The van der Waals surface area contributed by atoms with E-state index in [0.717, 1.165) is 6.42 Å². The molecule has 1 heterocycles. The predicted octanol–water partition coefficient (Wildman–Crippen LogP) is 2.41. The molecule has 1 rings (SSSR count). The van der Waals surface area contributed by atoms with Crippen LogP contribution in [-0.2, 0) is 4.74 Å². The van der Waals surface area contributed by atoms with Gasteiger partial charge in [0.2, 0.25) is 0 Å². The minimum atomic E-state index is -0.535. The van der Waals surface area contributed by atoms with Crippen molar-refractivity contribution in [3.8, 4) is 0 Å². The third-order valence-corrected chi connectivity index (χ3v) is 2.58. The van der Waals surface area contributed by atoms with E-state index in [1.165, 1.54) is 4.90 Å². The zero-order chi connectivity index (χ0) is 12.3. The van der Waals surface area contributed by atoms with Gasteiger partial charge in [0.15, 0.2) is 5.17 Å². The van der Waals surface area contributed by atoms with Gasteiger partial charge in [0.25, 0.3) is 0 Å². The number of carbonyl (C=O) groups excluding carboxylic acids is 1. The second kappa shape index (κ2) is 4.91. The molecule has 1 fully saturated rings. The first-order valence-corrected chi connectivity index (χ1v) is 5.60. The Morgan fingerprint density at radius 1 is 1.56 bits per heavy atom. The van der Waals surface area contributed by atoms with Gasteiger partial charge in [-0.05, 0) is 33.6 Å². The summed E-state index contributed by atoms with van der Waals surface area (Å²) in [4.78, 5) is 13.3. The second-order valence-corrected chi connectivity index (χ2v) is 5.14. The number of rotatable bonds is 1. The average Bonchev–Trinajstić information content (AvgIpc) is 2.62. The van der Waals surface area contributed by atoms with Gasteiger partial charge >= 0.3 is 6.09 Å². The van der Waals surface area contributed by atoms with Crippen LogP contribution < -0.4 is 0 Å². The Bertz CT molecular complexity index is 299. The number of oxime groups is 1. The zero-order valence-electron chi connectivity index (χ0n) is 9.73. The minimum absolute atomic E-state index is 0.0309. The molecular formula is C10H17ClN2O3. The highest BCUT2D eigenvalue weighted by Gasteiger charge is 2.34. The van der Waals surface area contributed by atoms with Crippen LogP contribution in [0.1, 0.15) is 33.6 Å². The van der Waals surface area contributed by atoms with E-state index in [0.29, 0.717) is 13.0 Å². The fourth-order valence-corrected chi connectivity index (χ4v) is 1.85. The summed E-state index contributed by atoms with van der Waals surface area (Å²) in [7, 11) is 0. The normalized spacial score (nSPS) is 22.4. The van der Waals surface area contributed by atoms with Crippen LogP contribution in [0.2, 0.25) is 0 Å². The lowest BCUT2D eigenvalue weighted by Gasteiger charge is -2.27. The minimum Gasteiger partial charge on any atom is -0.444 e. The van der Waals surface area contributed by atoms with Gasteiger partial charge in [-0.25, -0.2) is 4.79 Å². The lowest BCUT2D eigenvalue weighted by Crippen LogP contribution is -2.42. The SMILES string of the molecule is CC(C)(C)OC(=O)N1CCC[C@H]1/C(Cl)=N/O. The Labute approximate surface area is 100.0 Å². The standard InChI is InChI=1S/C10H17ClN2O3/c1-10(2,3)16-9(14)13-6-4-5-7(13)8(11)12-15/h7,15H,4-6H2,1-3H3/b12-8-/t7-/m0/s1. The van der Waals surface area contributed by atoms with Crippen molar-refractivity contribution in [3.05, 3.63) is 0 Å². The molecule has 92 valence electrons. The van der Waals surface area contributed by atoms with Crippen molar-refractivity contribution in [2.75, 3.05) is 6.54 Å². The predicted molar refractivity (Wildman–Crippen MR) is 61.0 cm³/mol. The zero-order valence-corrected chi connectivity index (χ0v) is 10.5. The molecule has 0 aromatic heterocycles.